The topological polar surface area (TPSA) is 91.8 Å². The van der Waals surface area contributed by atoms with Crippen LogP contribution in [0, 0.1) is 20.8 Å². The smallest absolute Gasteiger partial charge is 0.336 e. The predicted octanol–water partition coefficient (Wildman–Crippen LogP) is 4.43. The van der Waals surface area contributed by atoms with Gasteiger partial charge in [-0.2, -0.15) is 0 Å². The van der Waals surface area contributed by atoms with Crippen molar-refractivity contribution < 1.29 is 23.2 Å². The highest BCUT2D eigenvalue weighted by atomic mass is 16.5. The molecule has 0 aliphatic rings. The van der Waals surface area contributed by atoms with Crippen molar-refractivity contribution in [2.24, 2.45) is 0 Å². The molecule has 2 heterocycles. The summed E-state index contributed by atoms with van der Waals surface area (Å²) in [6.07, 6.45) is 0.0972. The molecule has 7 nitrogen and oxygen atoms in total. The first-order valence-corrected chi connectivity index (χ1v) is 9.78. The number of aromatic nitrogens is 1. The maximum absolute atomic E-state index is 12.3. The molecule has 0 aliphatic carbocycles. The van der Waals surface area contributed by atoms with Crippen LogP contribution in [-0.2, 0) is 17.8 Å². The molecule has 0 radical (unpaired) electrons. The van der Waals surface area contributed by atoms with Gasteiger partial charge in [0.1, 0.15) is 29.4 Å². The lowest BCUT2D eigenvalue weighted by Gasteiger charge is -2.08. The Balaban J connectivity index is 1.37. The Bertz CT molecular complexity index is 1280. The van der Waals surface area contributed by atoms with E-state index in [0.717, 1.165) is 33.5 Å². The summed E-state index contributed by atoms with van der Waals surface area (Å²) in [6.45, 7) is 5.90. The van der Waals surface area contributed by atoms with Crippen LogP contribution in [0.25, 0.3) is 11.0 Å². The molecule has 158 valence electrons. The minimum Gasteiger partial charge on any atom is -0.489 e. The van der Waals surface area contributed by atoms with Crippen LogP contribution in [0.1, 0.15) is 28.1 Å². The fourth-order valence-electron chi connectivity index (χ4n) is 3.27. The van der Waals surface area contributed by atoms with E-state index in [4.69, 9.17) is 18.4 Å². The van der Waals surface area contributed by atoms with E-state index in [1.807, 2.05) is 32.9 Å². The van der Waals surface area contributed by atoms with E-state index in [9.17, 15) is 9.59 Å². The zero-order chi connectivity index (χ0) is 22.0. The summed E-state index contributed by atoms with van der Waals surface area (Å²) in [5.74, 6) is 1.32. The molecule has 0 N–H and O–H groups in total. The number of esters is 1. The predicted molar refractivity (Wildman–Crippen MR) is 113 cm³/mol. The Kier molecular flexibility index (Phi) is 5.58. The van der Waals surface area contributed by atoms with Crippen LogP contribution in [0.4, 0.5) is 0 Å². The van der Waals surface area contributed by atoms with Gasteiger partial charge in [0.25, 0.3) is 0 Å². The largest absolute Gasteiger partial charge is 0.489 e. The molecule has 0 unspecified atom stereocenters. The van der Waals surface area contributed by atoms with Gasteiger partial charge in [0.05, 0.1) is 17.7 Å². The lowest BCUT2D eigenvalue weighted by Crippen LogP contribution is -2.11. The highest BCUT2D eigenvalue weighted by molar-refractivity contribution is 5.82. The molecule has 0 saturated carbocycles. The molecule has 4 aromatic rings. The first-order valence-electron chi connectivity index (χ1n) is 9.78. The number of aryl methyl sites for hydroxylation is 3. The van der Waals surface area contributed by atoms with Crippen LogP contribution >= 0.6 is 0 Å². The van der Waals surface area contributed by atoms with E-state index < -0.39 is 11.6 Å². The molecule has 0 spiro atoms. The number of nitrogens with zero attached hydrogens (tertiary/aromatic N) is 1. The molecule has 2 aromatic heterocycles. The summed E-state index contributed by atoms with van der Waals surface area (Å²) in [6, 6.07) is 13.6. The van der Waals surface area contributed by atoms with Gasteiger partial charge in [-0.05, 0) is 56.2 Å². The Labute approximate surface area is 178 Å². The fraction of sp³-hybridized carbons (Fsp3) is 0.208. The van der Waals surface area contributed by atoms with E-state index in [1.54, 1.807) is 30.3 Å². The van der Waals surface area contributed by atoms with Gasteiger partial charge in [0, 0.05) is 17.5 Å². The standard InChI is InChI=1S/C24H21NO6/c1-14-10-23(26)30-22-12-19(8-9-20(14)22)29-24(27)11-17-4-6-18(7-5-17)28-13-21-15(2)25-31-16(21)3/h4-10,12H,11,13H2,1-3H3. The second-order valence-corrected chi connectivity index (χ2v) is 7.29. The molecular formula is C24H21NO6. The Morgan fingerprint density at radius 3 is 2.45 bits per heavy atom. The van der Waals surface area contributed by atoms with Gasteiger partial charge in [0.2, 0.25) is 0 Å². The monoisotopic (exact) mass is 419 g/mol. The van der Waals surface area contributed by atoms with Crippen molar-refractivity contribution in [2.75, 3.05) is 0 Å². The quantitative estimate of drug-likeness (QED) is 0.259. The SMILES string of the molecule is Cc1noc(C)c1COc1ccc(CC(=O)Oc2ccc3c(C)cc(=O)oc3c2)cc1. The van der Waals surface area contributed by atoms with Gasteiger partial charge in [-0.15, -0.1) is 0 Å². The van der Waals surface area contributed by atoms with Crippen molar-refractivity contribution in [3.05, 3.63) is 87.1 Å². The molecule has 4 rings (SSSR count). The van der Waals surface area contributed by atoms with Gasteiger partial charge >= 0.3 is 11.6 Å². The molecule has 0 fully saturated rings. The Morgan fingerprint density at radius 2 is 1.74 bits per heavy atom. The highest BCUT2D eigenvalue weighted by Gasteiger charge is 2.11. The first kappa shape index (κ1) is 20.4. The summed E-state index contributed by atoms with van der Waals surface area (Å²) in [5, 5.41) is 4.70. The third-order valence-electron chi connectivity index (χ3n) is 4.99. The average Bonchev–Trinajstić information content (AvgIpc) is 3.04. The lowest BCUT2D eigenvalue weighted by molar-refractivity contribution is -0.133. The van der Waals surface area contributed by atoms with Gasteiger partial charge in [-0.1, -0.05) is 17.3 Å². The molecule has 31 heavy (non-hydrogen) atoms. The molecule has 0 amide bonds. The number of hydrogen-bond acceptors (Lipinski definition) is 7. The van der Waals surface area contributed by atoms with Gasteiger partial charge in [-0.25, -0.2) is 4.79 Å². The molecule has 0 atom stereocenters. The van der Waals surface area contributed by atoms with Gasteiger partial charge in [0.15, 0.2) is 0 Å². The van der Waals surface area contributed by atoms with Crippen LogP contribution in [0.5, 0.6) is 11.5 Å². The molecular weight excluding hydrogens is 398 g/mol. The maximum atomic E-state index is 12.3. The number of hydrogen-bond donors (Lipinski definition) is 0. The molecule has 7 heteroatoms. The van der Waals surface area contributed by atoms with E-state index in [2.05, 4.69) is 5.16 Å². The summed E-state index contributed by atoms with van der Waals surface area (Å²) < 4.78 is 21.5. The summed E-state index contributed by atoms with van der Waals surface area (Å²) in [5.41, 5.74) is 3.27. The van der Waals surface area contributed by atoms with E-state index in [1.165, 1.54) is 6.07 Å². The number of ether oxygens (including phenoxy) is 2. The second-order valence-electron chi connectivity index (χ2n) is 7.29. The van der Waals surface area contributed by atoms with Crippen molar-refractivity contribution in [1.82, 2.24) is 5.16 Å². The summed E-state index contributed by atoms with van der Waals surface area (Å²) >= 11 is 0. The maximum Gasteiger partial charge on any atom is 0.336 e. The minimum atomic E-state index is -0.440. The van der Waals surface area contributed by atoms with Crippen molar-refractivity contribution in [1.29, 1.82) is 0 Å². The third kappa shape index (κ3) is 4.66. The van der Waals surface area contributed by atoms with Crippen LogP contribution < -0.4 is 15.1 Å². The number of carbonyl (C=O) groups excluding carboxylic acids is 1. The van der Waals surface area contributed by atoms with Crippen LogP contribution in [0.15, 0.2) is 62.3 Å². The van der Waals surface area contributed by atoms with Gasteiger partial charge < -0.3 is 18.4 Å². The fourth-order valence-corrected chi connectivity index (χ4v) is 3.27. The molecule has 0 bridgehead atoms. The van der Waals surface area contributed by atoms with Crippen molar-refractivity contribution in [3.63, 3.8) is 0 Å². The average molecular weight is 419 g/mol. The Morgan fingerprint density at radius 1 is 1.00 bits per heavy atom. The number of benzene rings is 2. The van der Waals surface area contributed by atoms with Crippen LogP contribution in [-0.4, -0.2) is 11.1 Å². The van der Waals surface area contributed by atoms with Crippen molar-refractivity contribution in [3.8, 4) is 11.5 Å². The normalized spacial score (nSPS) is 10.9. The summed E-state index contributed by atoms with van der Waals surface area (Å²) in [4.78, 5) is 23.9. The van der Waals surface area contributed by atoms with Crippen LogP contribution in [0.3, 0.4) is 0 Å². The molecule has 2 aromatic carbocycles. The third-order valence-corrected chi connectivity index (χ3v) is 4.99. The van der Waals surface area contributed by atoms with E-state index in [0.29, 0.717) is 23.7 Å². The number of carbonyl (C=O) groups is 1. The second kappa shape index (κ2) is 8.47. The van der Waals surface area contributed by atoms with E-state index >= 15 is 0 Å². The molecule has 0 aliphatic heterocycles. The van der Waals surface area contributed by atoms with Crippen LogP contribution in [0.2, 0.25) is 0 Å². The molecule has 0 saturated heterocycles. The van der Waals surface area contributed by atoms with Crippen molar-refractivity contribution >= 4 is 16.9 Å². The highest BCUT2D eigenvalue weighted by Crippen LogP contribution is 2.23. The number of fused-ring (bicyclic) bond motifs is 1. The minimum absolute atomic E-state index is 0.0972. The number of rotatable bonds is 6. The van der Waals surface area contributed by atoms with Gasteiger partial charge in [-0.3, -0.25) is 4.79 Å². The Hall–Kier alpha value is -3.87. The summed E-state index contributed by atoms with van der Waals surface area (Å²) in [7, 11) is 0. The zero-order valence-electron chi connectivity index (χ0n) is 17.4. The van der Waals surface area contributed by atoms with Crippen molar-refractivity contribution in [2.45, 2.75) is 33.8 Å². The lowest BCUT2D eigenvalue weighted by atomic mass is 10.1. The van der Waals surface area contributed by atoms with E-state index in [-0.39, 0.29) is 6.42 Å². The first-order chi connectivity index (χ1) is 14.9. The zero-order valence-corrected chi connectivity index (χ0v) is 17.4.